The summed E-state index contributed by atoms with van der Waals surface area (Å²) in [4.78, 5) is 16.2. The molecule has 7 heteroatoms. The Morgan fingerprint density at radius 3 is 2.95 bits per heavy atom. The highest BCUT2D eigenvalue weighted by Gasteiger charge is 2.14. The third kappa shape index (κ3) is 2.69. The number of para-hydroxylation sites is 2. The van der Waals surface area contributed by atoms with Crippen molar-refractivity contribution in [2.45, 2.75) is 12.8 Å². The zero-order chi connectivity index (χ0) is 15.7. The van der Waals surface area contributed by atoms with Gasteiger partial charge in [0.2, 0.25) is 0 Å². The summed E-state index contributed by atoms with van der Waals surface area (Å²) in [5.41, 5.74) is 1.77. The molecule has 0 fully saturated rings. The summed E-state index contributed by atoms with van der Waals surface area (Å²) in [5.74, 6) is 0.661. The van der Waals surface area contributed by atoms with Crippen molar-refractivity contribution >= 4 is 28.4 Å². The Labute approximate surface area is 131 Å². The van der Waals surface area contributed by atoms with Gasteiger partial charge in [-0.05, 0) is 12.1 Å². The SMILES string of the molecule is C[C@H](CNc1cnn(C)c(=O)c1Cl)c1nc2ccccc2o1. The number of nitrogens with zero attached hydrogens (tertiary/aromatic N) is 3. The lowest BCUT2D eigenvalue weighted by Crippen LogP contribution is -2.22. The van der Waals surface area contributed by atoms with Crippen molar-refractivity contribution in [3.8, 4) is 0 Å². The van der Waals surface area contributed by atoms with Gasteiger partial charge in [0, 0.05) is 13.6 Å². The number of aromatic nitrogens is 3. The maximum Gasteiger partial charge on any atom is 0.287 e. The van der Waals surface area contributed by atoms with Gasteiger partial charge in [0.1, 0.15) is 10.5 Å². The molecule has 0 aliphatic carbocycles. The van der Waals surface area contributed by atoms with E-state index in [0.717, 1.165) is 11.1 Å². The maximum atomic E-state index is 11.7. The fourth-order valence-corrected chi connectivity index (χ4v) is 2.32. The lowest BCUT2D eigenvalue weighted by Gasteiger charge is -2.11. The van der Waals surface area contributed by atoms with Gasteiger partial charge in [0.05, 0.1) is 17.8 Å². The van der Waals surface area contributed by atoms with E-state index in [-0.39, 0.29) is 16.5 Å². The van der Waals surface area contributed by atoms with E-state index in [9.17, 15) is 4.79 Å². The minimum absolute atomic E-state index is 0.0209. The molecule has 0 unspecified atom stereocenters. The van der Waals surface area contributed by atoms with Crippen LogP contribution in [0.15, 0.2) is 39.7 Å². The van der Waals surface area contributed by atoms with Gasteiger partial charge >= 0.3 is 0 Å². The molecule has 0 radical (unpaired) electrons. The van der Waals surface area contributed by atoms with Crippen molar-refractivity contribution in [2.24, 2.45) is 7.05 Å². The van der Waals surface area contributed by atoms with E-state index in [1.54, 1.807) is 7.05 Å². The number of halogens is 1. The minimum Gasteiger partial charge on any atom is -0.440 e. The molecule has 0 saturated heterocycles. The molecule has 0 spiro atoms. The van der Waals surface area contributed by atoms with E-state index in [1.807, 2.05) is 31.2 Å². The third-order valence-electron chi connectivity index (χ3n) is 3.41. The van der Waals surface area contributed by atoms with E-state index in [2.05, 4.69) is 15.4 Å². The van der Waals surface area contributed by atoms with Crippen molar-refractivity contribution in [3.05, 3.63) is 51.7 Å². The highest BCUT2D eigenvalue weighted by atomic mass is 35.5. The Balaban J connectivity index is 1.76. The Morgan fingerprint density at radius 2 is 2.18 bits per heavy atom. The van der Waals surface area contributed by atoms with Gasteiger partial charge < -0.3 is 9.73 Å². The zero-order valence-corrected chi connectivity index (χ0v) is 13.0. The van der Waals surface area contributed by atoms with E-state index < -0.39 is 0 Å². The molecule has 0 saturated carbocycles. The molecule has 0 amide bonds. The molecular weight excluding hydrogens is 304 g/mol. The van der Waals surface area contributed by atoms with Gasteiger partial charge in [-0.15, -0.1) is 0 Å². The molecule has 1 atom stereocenters. The topological polar surface area (TPSA) is 73.0 Å². The van der Waals surface area contributed by atoms with Crippen LogP contribution in [-0.4, -0.2) is 21.3 Å². The van der Waals surface area contributed by atoms with Crippen LogP contribution in [0.4, 0.5) is 5.69 Å². The van der Waals surface area contributed by atoms with Gasteiger partial charge in [-0.2, -0.15) is 5.10 Å². The lowest BCUT2D eigenvalue weighted by atomic mass is 10.2. The van der Waals surface area contributed by atoms with Gasteiger partial charge in [-0.1, -0.05) is 30.7 Å². The van der Waals surface area contributed by atoms with E-state index >= 15 is 0 Å². The van der Waals surface area contributed by atoms with E-state index in [0.29, 0.717) is 18.1 Å². The van der Waals surface area contributed by atoms with E-state index in [1.165, 1.54) is 10.9 Å². The normalized spacial score (nSPS) is 12.5. The highest BCUT2D eigenvalue weighted by molar-refractivity contribution is 6.32. The van der Waals surface area contributed by atoms with Gasteiger partial charge in [0.15, 0.2) is 11.5 Å². The number of fused-ring (bicyclic) bond motifs is 1. The van der Waals surface area contributed by atoms with Crippen molar-refractivity contribution in [1.29, 1.82) is 0 Å². The summed E-state index contributed by atoms with van der Waals surface area (Å²) < 4.78 is 6.92. The molecule has 1 N–H and O–H groups in total. The molecule has 114 valence electrons. The number of rotatable bonds is 4. The number of anilines is 1. The first kappa shape index (κ1) is 14.6. The number of hydrogen-bond acceptors (Lipinski definition) is 5. The van der Waals surface area contributed by atoms with Gasteiger partial charge in [-0.25, -0.2) is 9.67 Å². The Bertz CT molecular complexity index is 838. The second-order valence-electron chi connectivity index (χ2n) is 5.10. The van der Waals surface area contributed by atoms with Crippen LogP contribution in [0.3, 0.4) is 0 Å². The molecule has 0 aliphatic heterocycles. The summed E-state index contributed by atoms with van der Waals surface area (Å²) in [6.45, 7) is 2.52. The number of nitrogens with one attached hydrogen (secondary N) is 1. The van der Waals surface area contributed by atoms with Crippen LogP contribution in [-0.2, 0) is 7.05 Å². The van der Waals surface area contributed by atoms with Gasteiger partial charge in [-0.3, -0.25) is 4.79 Å². The molecule has 3 rings (SSSR count). The number of aryl methyl sites for hydroxylation is 1. The summed E-state index contributed by atoms with van der Waals surface area (Å²) in [5, 5.41) is 7.19. The van der Waals surface area contributed by atoms with Crippen LogP contribution in [0, 0.1) is 0 Å². The number of benzene rings is 1. The predicted octanol–water partition coefficient (Wildman–Crippen LogP) is 2.79. The standard InChI is InChI=1S/C15H15ClN4O2/c1-9(14-19-10-5-3-4-6-12(10)22-14)7-17-11-8-18-20(2)15(21)13(11)16/h3-6,8-9,17H,7H2,1-2H3/t9-/m1/s1. The van der Waals surface area contributed by atoms with Crippen LogP contribution in [0.25, 0.3) is 11.1 Å². The van der Waals surface area contributed by atoms with Gasteiger partial charge in [0.25, 0.3) is 5.56 Å². The lowest BCUT2D eigenvalue weighted by molar-refractivity contribution is 0.494. The molecular formula is C15H15ClN4O2. The maximum absolute atomic E-state index is 11.7. The van der Waals surface area contributed by atoms with Crippen molar-refractivity contribution in [1.82, 2.24) is 14.8 Å². The summed E-state index contributed by atoms with van der Waals surface area (Å²) in [6, 6.07) is 7.62. The Kier molecular flexibility index (Phi) is 3.85. The molecule has 6 nitrogen and oxygen atoms in total. The molecule has 0 bridgehead atoms. The average Bonchev–Trinajstić information content (AvgIpc) is 2.96. The minimum atomic E-state index is -0.332. The Morgan fingerprint density at radius 1 is 1.41 bits per heavy atom. The highest BCUT2D eigenvalue weighted by Crippen LogP contribution is 2.22. The fraction of sp³-hybridized carbons (Fsp3) is 0.267. The first-order valence-corrected chi connectivity index (χ1v) is 7.25. The second kappa shape index (κ2) is 5.81. The molecule has 22 heavy (non-hydrogen) atoms. The molecule has 1 aromatic carbocycles. The van der Waals surface area contributed by atoms with E-state index in [4.69, 9.17) is 16.0 Å². The Hall–Kier alpha value is -2.34. The predicted molar refractivity (Wildman–Crippen MR) is 85.4 cm³/mol. The molecule has 2 heterocycles. The summed E-state index contributed by atoms with van der Waals surface area (Å²) in [6.07, 6.45) is 1.53. The fourth-order valence-electron chi connectivity index (χ4n) is 2.09. The quantitative estimate of drug-likeness (QED) is 0.800. The van der Waals surface area contributed by atoms with Crippen molar-refractivity contribution < 1.29 is 4.42 Å². The smallest absolute Gasteiger partial charge is 0.287 e. The van der Waals surface area contributed by atoms with Crippen LogP contribution >= 0.6 is 11.6 Å². The number of oxazole rings is 1. The van der Waals surface area contributed by atoms with Crippen LogP contribution in [0.1, 0.15) is 18.7 Å². The summed E-state index contributed by atoms with van der Waals surface area (Å²) in [7, 11) is 1.55. The first-order chi connectivity index (χ1) is 10.6. The summed E-state index contributed by atoms with van der Waals surface area (Å²) >= 11 is 6.02. The molecule has 2 aromatic heterocycles. The zero-order valence-electron chi connectivity index (χ0n) is 12.2. The van der Waals surface area contributed by atoms with Crippen molar-refractivity contribution in [2.75, 3.05) is 11.9 Å². The third-order valence-corrected chi connectivity index (χ3v) is 3.77. The monoisotopic (exact) mass is 318 g/mol. The second-order valence-corrected chi connectivity index (χ2v) is 5.48. The molecule has 3 aromatic rings. The molecule has 0 aliphatic rings. The van der Waals surface area contributed by atoms with Crippen LogP contribution in [0.5, 0.6) is 0 Å². The van der Waals surface area contributed by atoms with Crippen molar-refractivity contribution in [3.63, 3.8) is 0 Å². The van der Waals surface area contributed by atoms with Crippen LogP contribution < -0.4 is 10.9 Å². The average molecular weight is 319 g/mol. The van der Waals surface area contributed by atoms with Crippen LogP contribution in [0.2, 0.25) is 5.02 Å². The first-order valence-electron chi connectivity index (χ1n) is 6.87. The number of hydrogen-bond donors (Lipinski definition) is 1. The largest absolute Gasteiger partial charge is 0.440 e.